The fourth-order valence-electron chi connectivity index (χ4n) is 1.86. The van der Waals surface area contributed by atoms with Gasteiger partial charge in [-0.3, -0.25) is 4.79 Å². The molecule has 1 saturated carbocycles. The number of aliphatic imine (C=N–C) groups is 1. The van der Waals surface area contributed by atoms with Gasteiger partial charge in [-0.15, -0.1) is 35.3 Å². The number of nitrogens with one attached hydrogen (secondary N) is 3. The fourth-order valence-corrected chi connectivity index (χ4v) is 2.58. The highest BCUT2D eigenvalue weighted by Crippen LogP contribution is 2.30. The average molecular weight is 491 g/mol. The number of carbonyl (C=O) groups is 1. The molecule has 0 atom stereocenters. The highest BCUT2D eigenvalue weighted by Gasteiger charge is 2.33. The van der Waals surface area contributed by atoms with Crippen LogP contribution in [0, 0.1) is 5.92 Å². The predicted octanol–water partition coefficient (Wildman–Crippen LogP) is 2.36. The Bertz CT molecular complexity index is 589. The van der Waals surface area contributed by atoms with E-state index >= 15 is 0 Å². The normalized spacial score (nSPS) is 14.6. The Morgan fingerprint density at radius 3 is 2.56 bits per heavy atom. The molecule has 6 nitrogen and oxygen atoms in total. The van der Waals surface area contributed by atoms with Crippen LogP contribution in [0.2, 0.25) is 0 Å². The van der Waals surface area contributed by atoms with E-state index in [0.717, 1.165) is 29.6 Å². The summed E-state index contributed by atoms with van der Waals surface area (Å²) < 4.78 is 37.5. The lowest BCUT2D eigenvalue weighted by molar-refractivity contribution is -0.140. The lowest BCUT2D eigenvalue weighted by atomic mass is 10.4. The average Bonchev–Trinajstić information content (AvgIpc) is 3.25. The van der Waals surface area contributed by atoms with Crippen molar-refractivity contribution in [3.05, 3.63) is 16.1 Å². The van der Waals surface area contributed by atoms with Gasteiger partial charge in [-0.25, -0.2) is 9.98 Å². The number of hydrogen-bond donors (Lipinski definition) is 3. The van der Waals surface area contributed by atoms with E-state index in [1.165, 1.54) is 0 Å². The Balaban J connectivity index is 0.00000312. The Labute approximate surface area is 165 Å². The third-order valence-corrected chi connectivity index (χ3v) is 4.06. The molecule has 1 aliphatic rings. The predicted molar refractivity (Wildman–Crippen MR) is 101 cm³/mol. The summed E-state index contributed by atoms with van der Waals surface area (Å²) in [5, 5.41) is 10.1. The van der Waals surface area contributed by atoms with E-state index < -0.39 is 11.9 Å². The first-order valence-corrected chi connectivity index (χ1v) is 8.59. The topological polar surface area (TPSA) is 78.4 Å². The molecule has 1 heterocycles. The maximum absolute atomic E-state index is 12.5. The van der Waals surface area contributed by atoms with Gasteiger partial charge in [0.2, 0.25) is 5.91 Å². The SMILES string of the molecule is CCNC(=NCc1nc(C(F)(F)F)cs1)NCCNC(=O)C1CC1.I. The van der Waals surface area contributed by atoms with E-state index in [0.29, 0.717) is 30.6 Å². The first-order valence-electron chi connectivity index (χ1n) is 7.71. The molecule has 11 heteroatoms. The Hall–Kier alpha value is -1.11. The number of alkyl halides is 3. The quantitative estimate of drug-likeness (QED) is 0.237. The van der Waals surface area contributed by atoms with E-state index in [9.17, 15) is 18.0 Å². The van der Waals surface area contributed by atoms with Gasteiger partial charge >= 0.3 is 6.18 Å². The minimum atomic E-state index is -4.43. The second kappa shape index (κ2) is 10.1. The molecule has 0 aliphatic heterocycles. The molecule has 0 aromatic carbocycles. The Kier molecular flexibility index (Phi) is 8.89. The van der Waals surface area contributed by atoms with Crippen molar-refractivity contribution in [2.24, 2.45) is 10.9 Å². The summed E-state index contributed by atoms with van der Waals surface area (Å²) in [6, 6.07) is 0. The van der Waals surface area contributed by atoms with Crippen molar-refractivity contribution < 1.29 is 18.0 Å². The van der Waals surface area contributed by atoms with Gasteiger partial charge < -0.3 is 16.0 Å². The van der Waals surface area contributed by atoms with Crippen LogP contribution in [0.15, 0.2) is 10.4 Å². The van der Waals surface area contributed by atoms with Crippen molar-refractivity contribution in [3.63, 3.8) is 0 Å². The van der Waals surface area contributed by atoms with Gasteiger partial charge in [-0.2, -0.15) is 13.2 Å². The van der Waals surface area contributed by atoms with Crippen LogP contribution in [-0.4, -0.2) is 36.5 Å². The van der Waals surface area contributed by atoms with Gasteiger partial charge in [-0.1, -0.05) is 0 Å². The number of thiazole rings is 1. The summed E-state index contributed by atoms with van der Waals surface area (Å²) in [7, 11) is 0. The summed E-state index contributed by atoms with van der Waals surface area (Å²) in [5.74, 6) is 0.711. The second-order valence-electron chi connectivity index (χ2n) is 5.31. The molecule has 1 aromatic heterocycles. The van der Waals surface area contributed by atoms with Crippen LogP contribution < -0.4 is 16.0 Å². The van der Waals surface area contributed by atoms with Crippen molar-refractivity contribution in [2.75, 3.05) is 19.6 Å². The third kappa shape index (κ3) is 7.75. The van der Waals surface area contributed by atoms with Gasteiger partial charge in [0.05, 0.1) is 6.54 Å². The van der Waals surface area contributed by atoms with Crippen molar-refractivity contribution in [2.45, 2.75) is 32.5 Å². The van der Waals surface area contributed by atoms with Gasteiger partial charge in [-0.05, 0) is 19.8 Å². The summed E-state index contributed by atoms with van der Waals surface area (Å²) in [6.45, 7) is 3.51. The zero-order valence-electron chi connectivity index (χ0n) is 13.7. The van der Waals surface area contributed by atoms with Crippen molar-refractivity contribution in [3.8, 4) is 0 Å². The largest absolute Gasteiger partial charge is 0.434 e. The summed E-state index contributed by atoms with van der Waals surface area (Å²) >= 11 is 0.928. The molecular formula is C14H21F3IN5OS. The zero-order valence-corrected chi connectivity index (χ0v) is 16.8. The first kappa shape index (κ1) is 21.9. The van der Waals surface area contributed by atoms with Crippen molar-refractivity contribution >= 4 is 47.2 Å². The molecular weight excluding hydrogens is 470 g/mol. The smallest absolute Gasteiger partial charge is 0.357 e. The van der Waals surface area contributed by atoms with E-state index in [1.807, 2.05) is 6.92 Å². The zero-order chi connectivity index (χ0) is 17.6. The van der Waals surface area contributed by atoms with Crippen LogP contribution >= 0.6 is 35.3 Å². The molecule has 0 saturated heterocycles. The molecule has 2 rings (SSSR count). The molecule has 142 valence electrons. The molecule has 25 heavy (non-hydrogen) atoms. The minimum Gasteiger partial charge on any atom is -0.357 e. The Morgan fingerprint density at radius 1 is 1.32 bits per heavy atom. The number of hydrogen-bond acceptors (Lipinski definition) is 4. The highest BCUT2D eigenvalue weighted by molar-refractivity contribution is 14.0. The number of guanidine groups is 1. The summed E-state index contributed by atoms with van der Waals surface area (Å²) in [5.41, 5.74) is -0.890. The minimum absolute atomic E-state index is 0. The van der Waals surface area contributed by atoms with Gasteiger partial charge in [0, 0.05) is 30.9 Å². The van der Waals surface area contributed by atoms with Gasteiger partial charge in [0.15, 0.2) is 11.7 Å². The van der Waals surface area contributed by atoms with Crippen LogP contribution in [0.25, 0.3) is 0 Å². The first-order chi connectivity index (χ1) is 11.4. The molecule has 0 bridgehead atoms. The van der Waals surface area contributed by atoms with E-state index in [2.05, 4.69) is 25.9 Å². The second-order valence-corrected chi connectivity index (χ2v) is 6.25. The van der Waals surface area contributed by atoms with Crippen molar-refractivity contribution in [1.29, 1.82) is 0 Å². The number of nitrogens with zero attached hydrogens (tertiary/aromatic N) is 2. The lowest BCUT2D eigenvalue weighted by Gasteiger charge is -2.11. The van der Waals surface area contributed by atoms with Crippen LogP contribution in [0.4, 0.5) is 13.2 Å². The van der Waals surface area contributed by atoms with E-state index in [4.69, 9.17) is 0 Å². The third-order valence-electron chi connectivity index (χ3n) is 3.22. The van der Waals surface area contributed by atoms with Gasteiger partial charge in [0.25, 0.3) is 0 Å². The van der Waals surface area contributed by atoms with Crippen LogP contribution in [0.3, 0.4) is 0 Å². The molecule has 1 aliphatic carbocycles. The van der Waals surface area contributed by atoms with E-state index in [-0.39, 0.29) is 42.3 Å². The fraction of sp³-hybridized carbons (Fsp3) is 0.643. The number of rotatable bonds is 7. The molecule has 0 radical (unpaired) electrons. The number of halogens is 4. The molecule has 0 unspecified atom stereocenters. The van der Waals surface area contributed by atoms with Crippen molar-refractivity contribution in [1.82, 2.24) is 20.9 Å². The molecule has 3 N–H and O–H groups in total. The molecule has 1 fully saturated rings. The molecule has 1 amide bonds. The standard InChI is InChI=1S/C14H20F3N5OS.HI/c1-2-18-13(20-6-5-19-12(23)9-3-4-9)21-7-11-22-10(8-24-11)14(15,16)17;/h8-9H,2-7H2,1H3,(H,19,23)(H2,18,20,21);1H. The number of amides is 1. The molecule has 0 spiro atoms. The Morgan fingerprint density at radius 2 is 2.00 bits per heavy atom. The van der Waals surface area contributed by atoms with Gasteiger partial charge in [0.1, 0.15) is 5.01 Å². The van der Waals surface area contributed by atoms with Crippen LogP contribution in [-0.2, 0) is 17.5 Å². The van der Waals surface area contributed by atoms with Crippen LogP contribution in [0.5, 0.6) is 0 Å². The van der Waals surface area contributed by atoms with Crippen LogP contribution in [0.1, 0.15) is 30.5 Å². The number of carbonyl (C=O) groups excluding carboxylic acids is 1. The number of aromatic nitrogens is 1. The summed E-state index contributed by atoms with van der Waals surface area (Å²) in [6.07, 6.45) is -2.52. The summed E-state index contributed by atoms with van der Waals surface area (Å²) in [4.78, 5) is 19.2. The maximum atomic E-state index is 12.5. The monoisotopic (exact) mass is 491 g/mol. The highest BCUT2D eigenvalue weighted by atomic mass is 127. The van der Waals surface area contributed by atoms with E-state index in [1.54, 1.807) is 0 Å². The lowest BCUT2D eigenvalue weighted by Crippen LogP contribution is -2.41. The molecule has 1 aromatic rings. The maximum Gasteiger partial charge on any atom is 0.434 e.